The molecule has 4 nitrogen and oxygen atoms in total. The van der Waals surface area contributed by atoms with Crippen molar-refractivity contribution in [3.63, 3.8) is 0 Å². The number of halogens is 1. The predicted molar refractivity (Wildman–Crippen MR) is 99.1 cm³/mol. The van der Waals surface area contributed by atoms with Crippen molar-refractivity contribution < 1.29 is 9.59 Å². The molecular formula is C19H19BrN2O2. The van der Waals surface area contributed by atoms with Crippen LogP contribution in [0.3, 0.4) is 0 Å². The standard InChI is InChI=1S/C19H19BrN2O2/c1-12-6-7-17(13(2)8-12)21-19(24)14-9-18(23)22(11-14)16-5-3-4-15(20)10-16/h3-8,10,14H,9,11H2,1-2H3,(H,21,24). The van der Waals surface area contributed by atoms with Crippen LogP contribution in [-0.4, -0.2) is 18.4 Å². The minimum Gasteiger partial charge on any atom is -0.326 e. The summed E-state index contributed by atoms with van der Waals surface area (Å²) in [7, 11) is 0. The number of benzene rings is 2. The van der Waals surface area contributed by atoms with Crippen LogP contribution >= 0.6 is 15.9 Å². The highest BCUT2D eigenvalue weighted by molar-refractivity contribution is 9.10. The summed E-state index contributed by atoms with van der Waals surface area (Å²) < 4.78 is 0.913. The van der Waals surface area contributed by atoms with Crippen LogP contribution in [0, 0.1) is 19.8 Å². The van der Waals surface area contributed by atoms with Crippen molar-refractivity contribution in [2.45, 2.75) is 20.3 Å². The lowest BCUT2D eigenvalue weighted by Gasteiger charge is -2.17. The molecule has 2 amide bonds. The maximum absolute atomic E-state index is 12.5. The van der Waals surface area contributed by atoms with Crippen molar-refractivity contribution in [1.29, 1.82) is 0 Å². The zero-order valence-corrected chi connectivity index (χ0v) is 15.3. The highest BCUT2D eigenvalue weighted by Crippen LogP contribution is 2.28. The number of nitrogens with one attached hydrogen (secondary N) is 1. The average molecular weight is 387 g/mol. The molecule has 24 heavy (non-hydrogen) atoms. The molecule has 1 saturated heterocycles. The Morgan fingerprint density at radius 3 is 2.71 bits per heavy atom. The fourth-order valence-electron chi connectivity index (χ4n) is 2.97. The van der Waals surface area contributed by atoms with E-state index in [1.807, 2.05) is 56.3 Å². The lowest BCUT2D eigenvalue weighted by atomic mass is 10.1. The van der Waals surface area contributed by atoms with Crippen LogP contribution in [-0.2, 0) is 9.59 Å². The molecule has 1 aliphatic rings. The van der Waals surface area contributed by atoms with Crippen molar-refractivity contribution in [1.82, 2.24) is 0 Å². The van der Waals surface area contributed by atoms with E-state index in [1.165, 1.54) is 0 Å². The molecule has 0 spiro atoms. The predicted octanol–water partition coefficient (Wildman–Crippen LogP) is 4.06. The molecule has 0 aliphatic carbocycles. The zero-order valence-electron chi connectivity index (χ0n) is 13.7. The second-order valence-corrected chi connectivity index (χ2v) is 7.11. The van der Waals surface area contributed by atoms with Crippen LogP contribution in [0.5, 0.6) is 0 Å². The largest absolute Gasteiger partial charge is 0.326 e. The van der Waals surface area contributed by atoms with E-state index in [0.29, 0.717) is 6.54 Å². The molecule has 1 aliphatic heterocycles. The smallest absolute Gasteiger partial charge is 0.229 e. The lowest BCUT2D eigenvalue weighted by Crippen LogP contribution is -2.28. The minimum absolute atomic E-state index is 0.0196. The summed E-state index contributed by atoms with van der Waals surface area (Å²) in [4.78, 5) is 26.5. The Morgan fingerprint density at radius 2 is 2.00 bits per heavy atom. The summed E-state index contributed by atoms with van der Waals surface area (Å²) in [6.45, 7) is 4.40. The highest BCUT2D eigenvalue weighted by Gasteiger charge is 2.35. The Balaban J connectivity index is 1.72. The minimum atomic E-state index is -0.336. The molecule has 1 heterocycles. The molecule has 1 atom stereocenters. The van der Waals surface area contributed by atoms with Gasteiger partial charge in [-0.1, -0.05) is 39.7 Å². The number of hydrogen-bond acceptors (Lipinski definition) is 2. The number of hydrogen-bond donors (Lipinski definition) is 1. The Bertz CT molecular complexity index is 804. The van der Waals surface area contributed by atoms with Gasteiger partial charge in [-0.25, -0.2) is 0 Å². The number of rotatable bonds is 3. The van der Waals surface area contributed by atoms with E-state index in [4.69, 9.17) is 0 Å². The van der Waals surface area contributed by atoms with Crippen LogP contribution in [0.15, 0.2) is 46.9 Å². The van der Waals surface area contributed by atoms with Gasteiger partial charge in [-0.05, 0) is 43.7 Å². The molecule has 1 unspecified atom stereocenters. The molecule has 0 saturated carbocycles. The van der Waals surface area contributed by atoms with Crippen molar-refractivity contribution in [3.05, 3.63) is 58.1 Å². The van der Waals surface area contributed by atoms with Gasteiger partial charge in [0.15, 0.2) is 0 Å². The third-order valence-corrected chi connectivity index (χ3v) is 4.75. The van der Waals surface area contributed by atoms with Gasteiger partial charge in [-0.2, -0.15) is 0 Å². The normalized spacial score (nSPS) is 17.2. The fourth-order valence-corrected chi connectivity index (χ4v) is 3.35. The van der Waals surface area contributed by atoms with Gasteiger partial charge in [-0.3, -0.25) is 9.59 Å². The Labute approximate surface area is 150 Å². The molecule has 0 aromatic heterocycles. The van der Waals surface area contributed by atoms with E-state index in [1.54, 1.807) is 4.90 Å². The first-order valence-electron chi connectivity index (χ1n) is 7.88. The van der Waals surface area contributed by atoms with Gasteiger partial charge in [0.25, 0.3) is 0 Å². The third-order valence-electron chi connectivity index (χ3n) is 4.26. The SMILES string of the molecule is Cc1ccc(NC(=O)C2CC(=O)N(c3cccc(Br)c3)C2)c(C)c1. The van der Waals surface area contributed by atoms with Crippen molar-refractivity contribution >= 4 is 39.1 Å². The molecule has 2 aromatic carbocycles. The van der Waals surface area contributed by atoms with Crippen LogP contribution < -0.4 is 10.2 Å². The summed E-state index contributed by atoms with van der Waals surface area (Å²) in [5, 5.41) is 2.96. The van der Waals surface area contributed by atoms with Gasteiger partial charge in [0, 0.05) is 28.8 Å². The molecule has 5 heteroatoms. The quantitative estimate of drug-likeness (QED) is 0.864. The number of anilines is 2. The van der Waals surface area contributed by atoms with Gasteiger partial charge in [0.05, 0.1) is 5.92 Å². The molecular weight excluding hydrogens is 368 g/mol. The molecule has 1 fully saturated rings. The summed E-state index contributed by atoms with van der Waals surface area (Å²) in [6, 6.07) is 13.5. The van der Waals surface area contributed by atoms with E-state index in [0.717, 1.165) is 27.0 Å². The highest BCUT2D eigenvalue weighted by atomic mass is 79.9. The molecule has 1 N–H and O–H groups in total. The monoisotopic (exact) mass is 386 g/mol. The Morgan fingerprint density at radius 1 is 1.21 bits per heavy atom. The van der Waals surface area contributed by atoms with Gasteiger partial charge in [-0.15, -0.1) is 0 Å². The van der Waals surface area contributed by atoms with E-state index in [2.05, 4.69) is 21.2 Å². The molecule has 3 rings (SSSR count). The number of carbonyl (C=O) groups is 2. The first kappa shape index (κ1) is 16.7. The Kier molecular flexibility index (Phi) is 4.71. The fraction of sp³-hybridized carbons (Fsp3) is 0.263. The van der Waals surface area contributed by atoms with Crippen LogP contribution in [0.2, 0.25) is 0 Å². The Hall–Kier alpha value is -2.14. The number of nitrogens with zero attached hydrogens (tertiary/aromatic N) is 1. The first-order chi connectivity index (χ1) is 11.4. The average Bonchev–Trinajstić information content (AvgIpc) is 2.92. The second-order valence-electron chi connectivity index (χ2n) is 6.19. The van der Waals surface area contributed by atoms with E-state index < -0.39 is 0 Å². The molecule has 124 valence electrons. The summed E-state index contributed by atoms with van der Waals surface area (Å²) >= 11 is 3.41. The van der Waals surface area contributed by atoms with E-state index in [-0.39, 0.29) is 24.2 Å². The van der Waals surface area contributed by atoms with Gasteiger partial charge in [0.2, 0.25) is 11.8 Å². The van der Waals surface area contributed by atoms with Crippen molar-refractivity contribution in [2.24, 2.45) is 5.92 Å². The van der Waals surface area contributed by atoms with Crippen LogP contribution in [0.4, 0.5) is 11.4 Å². The number of aryl methyl sites for hydroxylation is 2. The third kappa shape index (κ3) is 3.51. The molecule has 2 aromatic rings. The maximum atomic E-state index is 12.5. The molecule has 0 radical (unpaired) electrons. The van der Waals surface area contributed by atoms with Gasteiger partial charge < -0.3 is 10.2 Å². The topological polar surface area (TPSA) is 49.4 Å². The maximum Gasteiger partial charge on any atom is 0.229 e. The van der Waals surface area contributed by atoms with Crippen molar-refractivity contribution in [2.75, 3.05) is 16.8 Å². The summed E-state index contributed by atoms with van der Waals surface area (Å²) in [5.41, 5.74) is 3.80. The summed E-state index contributed by atoms with van der Waals surface area (Å²) in [5.74, 6) is -0.459. The van der Waals surface area contributed by atoms with Gasteiger partial charge in [0.1, 0.15) is 0 Å². The second kappa shape index (κ2) is 6.77. The van der Waals surface area contributed by atoms with E-state index in [9.17, 15) is 9.59 Å². The number of amides is 2. The first-order valence-corrected chi connectivity index (χ1v) is 8.67. The van der Waals surface area contributed by atoms with E-state index >= 15 is 0 Å². The van der Waals surface area contributed by atoms with Crippen molar-refractivity contribution in [3.8, 4) is 0 Å². The lowest BCUT2D eigenvalue weighted by molar-refractivity contribution is -0.122. The van der Waals surface area contributed by atoms with Crippen LogP contribution in [0.25, 0.3) is 0 Å². The van der Waals surface area contributed by atoms with Gasteiger partial charge >= 0.3 is 0 Å². The zero-order chi connectivity index (χ0) is 17.3. The van der Waals surface area contributed by atoms with Crippen LogP contribution in [0.1, 0.15) is 17.5 Å². The number of carbonyl (C=O) groups excluding carboxylic acids is 2. The molecule has 0 bridgehead atoms. The summed E-state index contributed by atoms with van der Waals surface area (Å²) in [6.07, 6.45) is 0.239.